The molecule has 3 heterocycles. The van der Waals surface area contributed by atoms with Crippen molar-refractivity contribution < 1.29 is 13.9 Å². The third kappa shape index (κ3) is 4.08. The van der Waals surface area contributed by atoms with Gasteiger partial charge in [-0.25, -0.2) is 14.4 Å². The molecule has 30 heavy (non-hydrogen) atoms. The summed E-state index contributed by atoms with van der Waals surface area (Å²) in [6, 6.07) is 5.82. The number of aryl methyl sites for hydroxylation is 3. The molecule has 0 unspecified atom stereocenters. The van der Waals surface area contributed by atoms with Gasteiger partial charge in [0.15, 0.2) is 4.96 Å². The minimum atomic E-state index is -0.313. The highest BCUT2D eigenvalue weighted by atomic mass is 32.1. The maximum absolute atomic E-state index is 13.1. The minimum Gasteiger partial charge on any atom is -0.486 e. The highest BCUT2D eigenvalue weighted by molar-refractivity contribution is 7.17. The molecule has 0 atom stereocenters. The third-order valence-electron chi connectivity index (χ3n) is 4.69. The number of rotatable bonds is 6. The molecule has 1 amide bonds. The van der Waals surface area contributed by atoms with Gasteiger partial charge in [-0.15, -0.1) is 22.7 Å². The van der Waals surface area contributed by atoms with Crippen LogP contribution in [-0.2, 0) is 13.2 Å². The summed E-state index contributed by atoms with van der Waals surface area (Å²) in [6.07, 6.45) is 2.05. The average molecular weight is 445 g/mol. The summed E-state index contributed by atoms with van der Waals surface area (Å²) in [4.78, 5) is 26.5. The zero-order valence-corrected chi connectivity index (χ0v) is 18.7. The number of imidazole rings is 1. The lowest BCUT2D eigenvalue weighted by Crippen LogP contribution is -2.27. The van der Waals surface area contributed by atoms with Gasteiger partial charge in [-0.3, -0.25) is 9.20 Å². The number of hydrogen-bond acceptors (Lipinski definition) is 6. The smallest absolute Gasteiger partial charge is 0.265 e. The van der Waals surface area contributed by atoms with Crippen LogP contribution in [0.4, 0.5) is 4.39 Å². The van der Waals surface area contributed by atoms with E-state index in [2.05, 4.69) is 20.6 Å². The fourth-order valence-corrected chi connectivity index (χ4v) is 5.02. The summed E-state index contributed by atoms with van der Waals surface area (Å²) in [5.41, 5.74) is 2.61. The maximum Gasteiger partial charge on any atom is 0.265 e. The quantitative estimate of drug-likeness (QED) is 0.430. The Kier molecular flexibility index (Phi) is 5.57. The molecule has 0 saturated carbocycles. The van der Waals surface area contributed by atoms with E-state index >= 15 is 0 Å². The molecule has 156 valence electrons. The molecule has 0 aliphatic carbocycles. The van der Waals surface area contributed by atoms with Crippen LogP contribution in [0.25, 0.3) is 4.96 Å². The molecule has 0 N–H and O–H groups in total. The van der Waals surface area contributed by atoms with Crippen molar-refractivity contribution in [2.75, 3.05) is 7.05 Å². The Balaban J connectivity index is 1.47. The molecule has 9 heteroatoms. The highest BCUT2D eigenvalue weighted by Gasteiger charge is 2.22. The zero-order valence-electron chi connectivity index (χ0n) is 17.1. The SMILES string of the molecule is Cc1cn2c(CN(C)C(=O)c3sc(COc4ccc(F)cc4)nc3C)c(C)nc2s1. The second-order valence-corrected chi connectivity index (χ2v) is 9.36. The summed E-state index contributed by atoms with van der Waals surface area (Å²) in [6.45, 7) is 6.52. The number of ether oxygens (including phenoxy) is 1. The van der Waals surface area contributed by atoms with Crippen LogP contribution in [0.3, 0.4) is 0 Å². The van der Waals surface area contributed by atoms with Crippen molar-refractivity contribution in [3.63, 3.8) is 0 Å². The first-order chi connectivity index (χ1) is 14.3. The number of hydrogen-bond donors (Lipinski definition) is 0. The van der Waals surface area contributed by atoms with Gasteiger partial charge in [0.05, 0.1) is 23.6 Å². The monoisotopic (exact) mass is 444 g/mol. The largest absolute Gasteiger partial charge is 0.486 e. The number of amides is 1. The van der Waals surface area contributed by atoms with Crippen LogP contribution in [0.2, 0.25) is 0 Å². The predicted molar refractivity (Wildman–Crippen MR) is 116 cm³/mol. The Morgan fingerprint density at radius 1 is 1.13 bits per heavy atom. The van der Waals surface area contributed by atoms with Crippen molar-refractivity contribution in [1.29, 1.82) is 0 Å². The number of carbonyl (C=O) groups excluding carboxylic acids is 1. The Bertz CT molecular complexity index is 1210. The topological polar surface area (TPSA) is 59.7 Å². The van der Waals surface area contributed by atoms with Gasteiger partial charge in [0, 0.05) is 18.1 Å². The fraction of sp³-hybridized carbons (Fsp3) is 0.286. The van der Waals surface area contributed by atoms with Crippen molar-refractivity contribution in [2.45, 2.75) is 33.9 Å². The van der Waals surface area contributed by atoms with E-state index in [0.29, 0.717) is 27.9 Å². The van der Waals surface area contributed by atoms with Crippen LogP contribution in [0.15, 0.2) is 30.5 Å². The Hall–Kier alpha value is -2.78. The lowest BCUT2D eigenvalue weighted by Gasteiger charge is -2.16. The van der Waals surface area contributed by atoms with E-state index in [-0.39, 0.29) is 18.3 Å². The fourth-order valence-electron chi connectivity index (χ4n) is 3.16. The third-order valence-corrected chi connectivity index (χ3v) is 6.70. The van der Waals surface area contributed by atoms with Gasteiger partial charge >= 0.3 is 0 Å². The average Bonchev–Trinajstić information content (AvgIpc) is 3.34. The lowest BCUT2D eigenvalue weighted by molar-refractivity contribution is 0.0787. The summed E-state index contributed by atoms with van der Waals surface area (Å²) >= 11 is 2.96. The number of benzene rings is 1. The minimum absolute atomic E-state index is 0.0840. The van der Waals surface area contributed by atoms with Crippen LogP contribution in [0.5, 0.6) is 5.75 Å². The van der Waals surface area contributed by atoms with E-state index in [0.717, 1.165) is 16.3 Å². The number of nitrogens with zero attached hydrogens (tertiary/aromatic N) is 4. The number of aromatic nitrogens is 3. The molecule has 4 rings (SSSR count). The molecule has 3 aromatic heterocycles. The van der Waals surface area contributed by atoms with E-state index in [1.54, 1.807) is 35.4 Å². The predicted octanol–water partition coefficient (Wildman–Crippen LogP) is 4.77. The lowest BCUT2D eigenvalue weighted by atomic mass is 10.3. The molecule has 0 saturated heterocycles. The van der Waals surface area contributed by atoms with Crippen LogP contribution in [-0.4, -0.2) is 32.2 Å². The molecule has 0 aliphatic rings. The van der Waals surface area contributed by atoms with Gasteiger partial charge in [-0.1, -0.05) is 0 Å². The van der Waals surface area contributed by atoms with Crippen molar-refractivity contribution in [3.05, 3.63) is 68.1 Å². The Morgan fingerprint density at radius 2 is 1.87 bits per heavy atom. The number of fused-ring (bicyclic) bond motifs is 1. The van der Waals surface area contributed by atoms with Gasteiger partial charge in [-0.2, -0.15) is 0 Å². The van der Waals surface area contributed by atoms with Crippen LogP contribution in [0, 0.1) is 26.6 Å². The second kappa shape index (κ2) is 8.16. The Morgan fingerprint density at radius 3 is 2.60 bits per heavy atom. The molecule has 6 nitrogen and oxygen atoms in total. The molecule has 0 aliphatic heterocycles. The first kappa shape index (κ1) is 20.5. The summed E-state index contributed by atoms with van der Waals surface area (Å²) in [7, 11) is 1.79. The molecule has 0 radical (unpaired) electrons. The van der Waals surface area contributed by atoms with Crippen molar-refractivity contribution in [3.8, 4) is 5.75 Å². The maximum atomic E-state index is 13.1. The van der Waals surface area contributed by atoms with E-state index in [4.69, 9.17) is 4.74 Å². The van der Waals surface area contributed by atoms with Gasteiger partial charge < -0.3 is 9.64 Å². The van der Waals surface area contributed by atoms with Crippen molar-refractivity contribution >= 4 is 33.5 Å². The molecule has 4 aromatic rings. The van der Waals surface area contributed by atoms with Gasteiger partial charge in [0.2, 0.25) is 0 Å². The first-order valence-electron chi connectivity index (χ1n) is 9.36. The van der Waals surface area contributed by atoms with E-state index in [1.807, 2.05) is 20.8 Å². The second-order valence-electron chi connectivity index (χ2n) is 7.06. The normalized spacial score (nSPS) is 11.2. The van der Waals surface area contributed by atoms with Gasteiger partial charge in [0.25, 0.3) is 5.91 Å². The van der Waals surface area contributed by atoms with Crippen LogP contribution >= 0.6 is 22.7 Å². The standard InChI is InChI=1S/C21H21FN4O2S2/c1-12-9-26-17(13(2)24-21(26)29-12)10-25(4)20(27)19-14(3)23-18(30-19)11-28-16-7-5-15(22)6-8-16/h5-9H,10-11H2,1-4H3. The summed E-state index contributed by atoms with van der Waals surface area (Å²) in [5.74, 6) is 0.159. The molecule has 1 aromatic carbocycles. The van der Waals surface area contributed by atoms with Crippen LogP contribution < -0.4 is 4.74 Å². The molecule has 0 bridgehead atoms. The van der Waals surface area contributed by atoms with E-state index in [1.165, 1.54) is 28.3 Å². The summed E-state index contributed by atoms with van der Waals surface area (Å²) in [5, 5.41) is 0.699. The van der Waals surface area contributed by atoms with Crippen LogP contribution in [0.1, 0.15) is 36.6 Å². The molecule has 0 spiro atoms. The van der Waals surface area contributed by atoms with Crippen molar-refractivity contribution in [1.82, 2.24) is 19.3 Å². The number of thiazole rings is 2. The van der Waals surface area contributed by atoms with E-state index in [9.17, 15) is 9.18 Å². The summed E-state index contributed by atoms with van der Waals surface area (Å²) < 4.78 is 20.7. The molecular formula is C21H21FN4O2S2. The number of carbonyl (C=O) groups is 1. The molecule has 0 fully saturated rings. The Labute approximate surface area is 181 Å². The van der Waals surface area contributed by atoms with E-state index < -0.39 is 0 Å². The van der Waals surface area contributed by atoms with Gasteiger partial charge in [0.1, 0.15) is 28.1 Å². The highest BCUT2D eigenvalue weighted by Crippen LogP contribution is 2.25. The van der Waals surface area contributed by atoms with Gasteiger partial charge in [-0.05, 0) is 45.0 Å². The number of halogens is 1. The first-order valence-corrected chi connectivity index (χ1v) is 11.0. The zero-order chi connectivity index (χ0) is 21.4. The van der Waals surface area contributed by atoms with Crippen molar-refractivity contribution in [2.24, 2.45) is 0 Å². The molecular weight excluding hydrogens is 423 g/mol.